The maximum atomic E-state index is 12.7. The molecular weight excluding hydrogens is 298 g/mol. The second-order valence-corrected chi connectivity index (χ2v) is 7.18. The lowest BCUT2D eigenvalue weighted by molar-refractivity contribution is -0.137. The highest BCUT2D eigenvalue weighted by molar-refractivity contribution is 7.89. The molecule has 3 rings (SSSR count). The number of nitrogens with zero attached hydrogens (tertiary/aromatic N) is 3. The van der Waals surface area contributed by atoms with E-state index in [1.807, 2.05) is 0 Å². The molecule has 0 amide bonds. The molecule has 0 spiro atoms. The van der Waals surface area contributed by atoms with Crippen LogP contribution in [0.4, 0.5) is 0 Å². The lowest BCUT2D eigenvalue weighted by Gasteiger charge is -2.36. The third-order valence-corrected chi connectivity index (χ3v) is 5.82. The van der Waals surface area contributed by atoms with Gasteiger partial charge in [-0.25, -0.2) is 8.42 Å². The van der Waals surface area contributed by atoms with E-state index < -0.39 is 16.0 Å². The van der Waals surface area contributed by atoms with Crippen molar-refractivity contribution in [2.24, 2.45) is 0 Å². The van der Waals surface area contributed by atoms with Crippen LogP contribution in [0, 0.1) is 0 Å². The van der Waals surface area contributed by atoms with Gasteiger partial charge in [-0.05, 0) is 19.3 Å². The molecule has 1 aromatic heterocycles. The van der Waals surface area contributed by atoms with E-state index in [4.69, 9.17) is 9.84 Å². The maximum absolute atomic E-state index is 12.7. The predicted molar refractivity (Wildman–Crippen MR) is 71.1 cm³/mol. The van der Waals surface area contributed by atoms with Gasteiger partial charge in [0.05, 0.1) is 24.9 Å². The summed E-state index contributed by atoms with van der Waals surface area (Å²) in [6.45, 7) is 0.363. The summed E-state index contributed by atoms with van der Waals surface area (Å²) < 4.78 is 33.6. The summed E-state index contributed by atoms with van der Waals surface area (Å²) in [6, 6.07) is -0.119. The largest absolute Gasteiger partial charge is 0.480 e. The zero-order chi connectivity index (χ0) is 15.0. The molecule has 8 nitrogen and oxygen atoms in total. The highest BCUT2D eigenvalue weighted by atomic mass is 32.2. The van der Waals surface area contributed by atoms with Crippen molar-refractivity contribution in [2.75, 3.05) is 13.2 Å². The first-order chi connectivity index (χ1) is 9.98. The Morgan fingerprint density at radius 1 is 1.48 bits per heavy atom. The van der Waals surface area contributed by atoms with E-state index in [0.29, 0.717) is 13.2 Å². The van der Waals surface area contributed by atoms with Crippen LogP contribution in [0.25, 0.3) is 0 Å². The lowest BCUT2D eigenvalue weighted by Crippen LogP contribution is -2.51. The molecule has 2 atom stereocenters. The zero-order valence-corrected chi connectivity index (χ0v) is 12.2. The van der Waals surface area contributed by atoms with Crippen molar-refractivity contribution in [2.45, 2.75) is 42.8 Å². The summed E-state index contributed by atoms with van der Waals surface area (Å²) in [6.07, 6.45) is 5.09. The number of rotatable bonds is 4. The lowest BCUT2D eigenvalue weighted by atomic mass is 10.2. The molecule has 0 aromatic carbocycles. The number of hydrogen-bond acceptors (Lipinski definition) is 5. The van der Waals surface area contributed by atoms with Gasteiger partial charge in [0, 0.05) is 12.7 Å². The summed E-state index contributed by atoms with van der Waals surface area (Å²) in [7, 11) is -3.65. The smallest absolute Gasteiger partial charge is 0.325 e. The second-order valence-electron chi connectivity index (χ2n) is 5.29. The van der Waals surface area contributed by atoms with E-state index in [1.165, 1.54) is 16.7 Å². The monoisotopic (exact) mass is 315 g/mol. The minimum atomic E-state index is -3.65. The van der Waals surface area contributed by atoms with Crippen LogP contribution in [0.3, 0.4) is 0 Å². The fourth-order valence-electron chi connectivity index (χ4n) is 3.03. The molecule has 1 saturated carbocycles. The number of hydrogen-bond donors (Lipinski definition) is 1. The molecule has 116 valence electrons. The minimum absolute atomic E-state index is 0.0254. The third-order valence-electron chi connectivity index (χ3n) is 3.94. The van der Waals surface area contributed by atoms with E-state index >= 15 is 0 Å². The number of fused-ring (bicyclic) bond motifs is 1. The fourth-order valence-corrected chi connectivity index (χ4v) is 4.65. The van der Waals surface area contributed by atoms with Crippen LogP contribution in [0.5, 0.6) is 0 Å². The standard InChI is InChI=1S/C12H17N3O5S/c16-12(17)8-14-7-9(6-13-14)21(18,19)15-4-5-20-11-3-1-2-10(11)15/h6-7,10-11H,1-5,8H2,(H,16,17)/t10-,11+/m0/s1. The number of carbonyl (C=O) groups is 1. The fraction of sp³-hybridized carbons (Fsp3) is 0.667. The zero-order valence-electron chi connectivity index (χ0n) is 11.4. The van der Waals surface area contributed by atoms with Crippen LogP contribution in [0.2, 0.25) is 0 Å². The Hall–Kier alpha value is -1.45. The summed E-state index contributed by atoms with van der Waals surface area (Å²) in [4.78, 5) is 10.7. The molecule has 2 fully saturated rings. The van der Waals surface area contributed by atoms with Gasteiger partial charge >= 0.3 is 5.97 Å². The van der Waals surface area contributed by atoms with Crippen molar-refractivity contribution in [1.82, 2.24) is 14.1 Å². The van der Waals surface area contributed by atoms with Gasteiger partial charge in [0.1, 0.15) is 11.4 Å². The summed E-state index contributed by atoms with van der Waals surface area (Å²) in [5, 5.41) is 12.5. The van der Waals surface area contributed by atoms with Crippen LogP contribution in [0.15, 0.2) is 17.3 Å². The topological polar surface area (TPSA) is 102 Å². The van der Waals surface area contributed by atoms with E-state index in [-0.39, 0.29) is 23.6 Å². The Labute approximate surface area is 122 Å². The first-order valence-corrected chi connectivity index (χ1v) is 8.30. The Balaban J connectivity index is 1.85. The first kappa shape index (κ1) is 14.5. The number of carboxylic acids is 1. The Bertz CT molecular complexity index is 641. The molecule has 0 radical (unpaired) electrons. The van der Waals surface area contributed by atoms with Gasteiger partial charge < -0.3 is 9.84 Å². The number of morpholine rings is 1. The van der Waals surface area contributed by atoms with Gasteiger partial charge in [-0.2, -0.15) is 9.40 Å². The maximum Gasteiger partial charge on any atom is 0.325 e. The second kappa shape index (κ2) is 5.39. The van der Waals surface area contributed by atoms with Crippen molar-refractivity contribution in [3.63, 3.8) is 0 Å². The van der Waals surface area contributed by atoms with Gasteiger partial charge in [-0.3, -0.25) is 9.48 Å². The molecule has 0 bridgehead atoms. The van der Waals surface area contributed by atoms with Crippen LogP contribution in [0.1, 0.15) is 19.3 Å². The average Bonchev–Trinajstić information content (AvgIpc) is 3.05. The number of sulfonamides is 1. The molecular formula is C12H17N3O5S. The van der Waals surface area contributed by atoms with E-state index in [9.17, 15) is 13.2 Å². The van der Waals surface area contributed by atoms with E-state index in [0.717, 1.165) is 23.9 Å². The number of ether oxygens (including phenoxy) is 1. The number of aromatic nitrogens is 2. The molecule has 0 unspecified atom stereocenters. The predicted octanol–water partition coefficient (Wildman–Crippen LogP) is -0.0903. The highest BCUT2D eigenvalue weighted by Crippen LogP contribution is 2.33. The van der Waals surface area contributed by atoms with E-state index in [2.05, 4.69) is 5.10 Å². The molecule has 9 heteroatoms. The molecule has 1 aliphatic heterocycles. The normalized spacial score (nSPS) is 26.7. The molecule has 21 heavy (non-hydrogen) atoms. The highest BCUT2D eigenvalue weighted by Gasteiger charge is 2.42. The van der Waals surface area contributed by atoms with Crippen molar-refractivity contribution in [3.05, 3.63) is 12.4 Å². The molecule has 2 aliphatic rings. The van der Waals surface area contributed by atoms with Crippen molar-refractivity contribution < 1.29 is 23.1 Å². The van der Waals surface area contributed by atoms with Crippen LogP contribution in [-0.4, -0.2) is 58.9 Å². The van der Waals surface area contributed by atoms with Crippen molar-refractivity contribution in [1.29, 1.82) is 0 Å². The number of carboxylic acid groups (broad SMARTS) is 1. The first-order valence-electron chi connectivity index (χ1n) is 6.86. The van der Waals surface area contributed by atoms with Gasteiger partial charge in [0.15, 0.2) is 0 Å². The third kappa shape index (κ3) is 2.68. The summed E-state index contributed by atoms with van der Waals surface area (Å²) in [5.41, 5.74) is 0. The minimum Gasteiger partial charge on any atom is -0.480 e. The van der Waals surface area contributed by atoms with Gasteiger partial charge in [-0.1, -0.05) is 0 Å². The Kier molecular flexibility index (Phi) is 3.72. The molecule has 1 saturated heterocycles. The van der Waals surface area contributed by atoms with Crippen molar-refractivity contribution in [3.8, 4) is 0 Å². The quantitative estimate of drug-likeness (QED) is 0.833. The summed E-state index contributed by atoms with van der Waals surface area (Å²) >= 11 is 0. The van der Waals surface area contributed by atoms with Crippen molar-refractivity contribution >= 4 is 16.0 Å². The molecule has 1 aromatic rings. The van der Waals surface area contributed by atoms with Gasteiger partial charge in [-0.15, -0.1) is 0 Å². The molecule has 1 N–H and O–H groups in total. The Morgan fingerprint density at radius 3 is 3.05 bits per heavy atom. The number of aliphatic carboxylic acids is 1. The van der Waals surface area contributed by atoms with Crippen LogP contribution >= 0.6 is 0 Å². The SMILES string of the molecule is O=C(O)Cn1cc(S(=O)(=O)N2CCO[C@@H]3CCC[C@@H]32)cn1. The van der Waals surface area contributed by atoms with Crippen LogP contribution < -0.4 is 0 Å². The summed E-state index contributed by atoms with van der Waals surface area (Å²) in [5.74, 6) is -1.07. The molecule has 2 heterocycles. The van der Waals surface area contributed by atoms with E-state index in [1.54, 1.807) is 0 Å². The van der Waals surface area contributed by atoms with Gasteiger partial charge in [0.2, 0.25) is 10.0 Å². The van der Waals surface area contributed by atoms with Gasteiger partial charge in [0.25, 0.3) is 0 Å². The molecule has 1 aliphatic carbocycles. The Morgan fingerprint density at radius 2 is 2.29 bits per heavy atom. The average molecular weight is 315 g/mol. The van der Waals surface area contributed by atoms with Crippen LogP contribution in [-0.2, 0) is 26.1 Å².